The van der Waals surface area contributed by atoms with E-state index in [1.165, 1.54) is 6.92 Å². The molecule has 1 aromatic heterocycles. The van der Waals surface area contributed by atoms with Gasteiger partial charge in [-0.15, -0.1) is 0 Å². The normalized spacial score (nSPS) is 22.3. The fourth-order valence-corrected chi connectivity index (χ4v) is 6.16. The summed E-state index contributed by atoms with van der Waals surface area (Å²) in [6, 6.07) is -0.492. The Morgan fingerprint density at radius 1 is 1.23 bits per heavy atom. The highest BCUT2D eigenvalue weighted by Crippen LogP contribution is 2.40. The molecule has 140 valence electrons. The fraction of sp³-hybridized carbons (Fsp3) is 0.467. The lowest BCUT2D eigenvalue weighted by Crippen LogP contribution is -2.54. The second-order valence-electron chi connectivity index (χ2n) is 6.70. The molecule has 1 saturated heterocycles. The van der Waals surface area contributed by atoms with Crippen molar-refractivity contribution in [2.75, 3.05) is 37.3 Å². The van der Waals surface area contributed by atoms with Crippen LogP contribution in [0.2, 0.25) is 0 Å². The van der Waals surface area contributed by atoms with Crippen molar-refractivity contribution < 1.29 is 17.2 Å². The lowest BCUT2D eigenvalue weighted by atomic mass is 10.1. The molecule has 3 heterocycles. The van der Waals surface area contributed by atoms with Crippen molar-refractivity contribution in [3.63, 3.8) is 0 Å². The summed E-state index contributed by atoms with van der Waals surface area (Å²) < 4.78 is 56.6. The number of hydrogen-bond acceptors (Lipinski definition) is 6. The summed E-state index contributed by atoms with van der Waals surface area (Å²) in [5.41, 5.74) is -1.38. The SMILES string of the molecule is Cc1c(F)c2c3c(nc(=O)n(I)c3c1F)N1CCN(C)CC1CS2(=O)=O. The molecule has 0 radical (unpaired) electrons. The number of rotatable bonds is 0. The molecule has 11 heteroatoms. The van der Waals surface area contributed by atoms with E-state index in [9.17, 15) is 22.0 Å². The van der Waals surface area contributed by atoms with Crippen molar-refractivity contribution in [1.82, 2.24) is 12.7 Å². The van der Waals surface area contributed by atoms with E-state index in [1.807, 2.05) is 11.9 Å². The molecule has 1 aromatic carbocycles. The van der Waals surface area contributed by atoms with Gasteiger partial charge < -0.3 is 9.80 Å². The van der Waals surface area contributed by atoms with Gasteiger partial charge in [-0.05, 0) is 14.0 Å². The highest BCUT2D eigenvalue weighted by Gasteiger charge is 2.41. The Labute approximate surface area is 162 Å². The number of aromatic nitrogens is 2. The molecule has 1 atom stereocenters. The Morgan fingerprint density at radius 3 is 2.62 bits per heavy atom. The van der Waals surface area contributed by atoms with Gasteiger partial charge in [0, 0.05) is 25.2 Å². The minimum absolute atomic E-state index is 0.0462. The van der Waals surface area contributed by atoms with Crippen LogP contribution in [0.3, 0.4) is 0 Å². The highest BCUT2D eigenvalue weighted by molar-refractivity contribution is 14.1. The lowest BCUT2D eigenvalue weighted by molar-refractivity contribution is 0.276. The third-order valence-corrected chi connectivity index (χ3v) is 7.72. The smallest absolute Gasteiger partial charge is 0.349 e. The molecule has 0 bridgehead atoms. The molecule has 4 rings (SSSR count). The maximum absolute atomic E-state index is 14.9. The Bertz CT molecular complexity index is 1120. The van der Waals surface area contributed by atoms with Gasteiger partial charge in [-0.2, -0.15) is 4.98 Å². The predicted molar refractivity (Wildman–Crippen MR) is 101 cm³/mol. The molecular formula is C15H15F2IN4O3S. The van der Waals surface area contributed by atoms with Gasteiger partial charge in [0.2, 0.25) is 0 Å². The van der Waals surface area contributed by atoms with Crippen LogP contribution in [0.25, 0.3) is 10.9 Å². The Balaban J connectivity index is 2.23. The van der Waals surface area contributed by atoms with Gasteiger partial charge >= 0.3 is 5.69 Å². The second-order valence-corrected chi connectivity index (χ2v) is 9.63. The molecule has 1 unspecified atom stereocenters. The second kappa shape index (κ2) is 5.83. The van der Waals surface area contributed by atoms with Crippen molar-refractivity contribution in [3.05, 3.63) is 27.7 Å². The van der Waals surface area contributed by atoms with E-state index in [4.69, 9.17) is 0 Å². The van der Waals surface area contributed by atoms with Crippen LogP contribution >= 0.6 is 22.9 Å². The summed E-state index contributed by atoms with van der Waals surface area (Å²) in [5.74, 6) is -2.33. The number of hydrogen-bond donors (Lipinski definition) is 0. The molecule has 0 amide bonds. The van der Waals surface area contributed by atoms with Crippen molar-refractivity contribution in [2.24, 2.45) is 0 Å². The summed E-state index contributed by atoms with van der Waals surface area (Å²) in [7, 11) is -2.19. The number of nitrogens with zero attached hydrogens (tertiary/aromatic N) is 4. The van der Waals surface area contributed by atoms with Crippen molar-refractivity contribution >= 4 is 49.4 Å². The van der Waals surface area contributed by atoms with Crippen molar-refractivity contribution in [1.29, 1.82) is 0 Å². The first kappa shape index (κ1) is 18.0. The van der Waals surface area contributed by atoms with E-state index in [2.05, 4.69) is 4.98 Å². The average molecular weight is 496 g/mol. The van der Waals surface area contributed by atoms with Gasteiger partial charge in [-0.25, -0.2) is 24.8 Å². The van der Waals surface area contributed by atoms with Crippen LogP contribution in [0.15, 0.2) is 9.69 Å². The number of benzene rings is 1. The van der Waals surface area contributed by atoms with E-state index in [0.29, 0.717) is 19.6 Å². The van der Waals surface area contributed by atoms with E-state index < -0.39 is 43.7 Å². The number of halogens is 3. The first-order valence-corrected chi connectivity index (χ1v) is 10.5. The van der Waals surface area contributed by atoms with Gasteiger partial charge in [0.25, 0.3) is 0 Å². The summed E-state index contributed by atoms with van der Waals surface area (Å²) in [4.78, 5) is 19.4. The number of piperazine rings is 1. The monoisotopic (exact) mass is 496 g/mol. The minimum atomic E-state index is -4.05. The summed E-state index contributed by atoms with van der Waals surface area (Å²) in [6.07, 6.45) is 0. The Morgan fingerprint density at radius 2 is 1.92 bits per heavy atom. The molecule has 0 spiro atoms. The first-order valence-electron chi connectivity index (χ1n) is 7.92. The molecule has 7 nitrogen and oxygen atoms in total. The van der Waals surface area contributed by atoms with E-state index >= 15 is 0 Å². The third kappa shape index (κ3) is 2.39. The topological polar surface area (TPSA) is 75.5 Å². The number of sulfone groups is 1. The van der Waals surface area contributed by atoms with Gasteiger partial charge in [0.1, 0.15) is 22.0 Å². The van der Waals surface area contributed by atoms with Gasteiger partial charge in [0.15, 0.2) is 15.7 Å². The van der Waals surface area contributed by atoms with Crippen molar-refractivity contribution in [3.8, 4) is 0 Å². The fourth-order valence-electron chi connectivity index (χ4n) is 3.72. The highest BCUT2D eigenvalue weighted by atomic mass is 127. The van der Waals surface area contributed by atoms with Crippen LogP contribution in [-0.2, 0) is 9.84 Å². The van der Waals surface area contributed by atoms with Crippen LogP contribution in [0.1, 0.15) is 5.56 Å². The number of fused-ring (bicyclic) bond motifs is 2. The van der Waals surface area contributed by atoms with Crippen LogP contribution in [0.4, 0.5) is 14.6 Å². The predicted octanol–water partition coefficient (Wildman–Crippen LogP) is 1.09. The summed E-state index contributed by atoms with van der Waals surface area (Å²) in [5, 5.41) is -0.147. The largest absolute Gasteiger partial charge is 0.359 e. The molecule has 1 fully saturated rings. The maximum atomic E-state index is 14.9. The van der Waals surface area contributed by atoms with E-state index in [1.54, 1.807) is 27.8 Å². The molecule has 2 aromatic rings. The zero-order chi connectivity index (χ0) is 19.0. The number of likely N-dealkylation sites (N-methyl/N-ethyl adjacent to an activating group) is 1. The Hall–Kier alpha value is -1.34. The molecule has 0 N–H and O–H groups in total. The van der Waals surface area contributed by atoms with Gasteiger partial charge in [0.05, 0.1) is 40.0 Å². The summed E-state index contributed by atoms with van der Waals surface area (Å²) in [6.45, 7) is 2.63. The van der Waals surface area contributed by atoms with Crippen LogP contribution in [-0.4, -0.2) is 59.6 Å². The zero-order valence-electron chi connectivity index (χ0n) is 14.0. The third-order valence-electron chi connectivity index (χ3n) is 5.00. The first-order chi connectivity index (χ1) is 12.1. The lowest BCUT2D eigenvalue weighted by Gasteiger charge is -2.39. The van der Waals surface area contributed by atoms with Crippen LogP contribution in [0, 0.1) is 18.6 Å². The quantitative estimate of drug-likeness (QED) is 0.402. The molecule has 2 aliphatic heterocycles. The zero-order valence-corrected chi connectivity index (χ0v) is 16.9. The molecular weight excluding hydrogens is 481 g/mol. The van der Waals surface area contributed by atoms with Crippen molar-refractivity contribution in [2.45, 2.75) is 17.9 Å². The molecule has 0 aliphatic carbocycles. The number of anilines is 1. The maximum Gasteiger partial charge on any atom is 0.359 e. The van der Waals surface area contributed by atoms with Crippen LogP contribution in [0.5, 0.6) is 0 Å². The molecule has 26 heavy (non-hydrogen) atoms. The van der Waals surface area contributed by atoms with E-state index in [0.717, 1.165) is 2.78 Å². The molecule has 0 saturated carbocycles. The summed E-state index contributed by atoms with van der Waals surface area (Å²) >= 11 is 1.56. The van der Waals surface area contributed by atoms with Gasteiger partial charge in [-0.1, -0.05) is 0 Å². The Kier molecular flexibility index (Phi) is 4.04. The molecule has 2 aliphatic rings. The van der Waals surface area contributed by atoms with E-state index in [-0.39, 0.29) is 22.5 Å². The minimum Gasteiger partial charge on any atom is -0.349 e. The average Bonchev–Trinajstić information content (AvgIpc) is 2.64. The van der Waals surface area contributed by atoms with Gasteiger partial charge in [-0.3, -0.25) is 0 Å². The standard InChI is InChI=1S/C15H15F2IN4O3S/c1-7-10(16)12-9-13(11(7)17)26(24,25)6-8-5-20(2)3-4-21(8)14(9)19-15(23)22(12)18/h8H,3-6H2,1-2H3. The van der Waals surface area contributed by atoms with Crippen LogP contribution < -0.4 is 10.6 Å².